The number of ether oxygens (including phenoxy) is 2. The van der Waals surface area contributed by atoms with Crippen LogP contribution in [0.1, 0.15) is 32.3 Å². The average Bonchev–Trinajstić information content (AvgIpc) is 3.10. The number of amides is 1. The summed E-state index contributed by atoms with van der Waals surface area (Å²) < 4.78 is 27.0. The number of carbonyl (C=O) groups excluding carboxylic acids is 1. The fraction of sp³-hybridized carbons (Fsp3) is 0.375. The third-order valence-corrected chi connectivity index (χ3v) is 6.39. The minimum Gasteiger partial charge on any atom is -0.444 e. The van der Waals surface area contributed by atoms with Gasteiger partial charge < -0.3 is 9.47 Å². The summed E-state index contributed by atoms with van der Waals surface area (Å²) in [6.07, 6.45) is 2.26. The number of aryl methyl sites for hydroxylation is 1. The van der Waals surface area contributed by atoms with Crippen LogP contribution in [0.2, 0.25) is 0 Å². The van der Waals surface area contributed by atoms with Crippen LogP contribution in [-0.4, -0.2) is 38.9 Å². The summed E-state index contributed by atoms with van der Waals surface area (Å²) in [5.41, 5.74) is 0.258. The van der Waals surface area contributed by atoms with E-state index in [1.807, 2.05) is 44.2 Å². The zero-order valence-electron chi connectivity index (χ0n) is 18.5. The van der Waals surface area contributed by atoms with Crippen LogP contribution in [-0.2, 0) is 22.6 Å². The zero-order valence-corrected chi connectivity index (χ0v) is 20.0. The molecule has 3 aromatic rings. The van der Waals surface area contributed by atoms with Gasteiger partial charge in [-0.05, 0) is 60.3 Å². The van der Waals surface area contributed by atoms with Crippen molar-refractivity contribution in [1.29, 1.82) is 0 Å². The standard InChI is InChI=1S/C24H25BrFN3O4/c1-24(2)29(23(31)32-13-16-7-4-3-5-8-16)17(14-33-24)9-6-10-28-15-27-21-12-19(25)20(26)11-18(21)22(28)30/h3-5,7-8,11-12,15,17H,6,9-10,13-14H2,1-2H3/t17-/m1/s1. The molecule has 1 amide bonds. The van der Waals surface area contributed by atoms with E-state index in [1.54, 1.807) is 4.90 Å². The van der Waals surface area contributed by atoms with Gasteiger partial charge in [-0.2, -0.15) is 0 Å². The second kappa shape index (κ2) is 9.61. The monoisotopic (exact) mass is 517 g/mol. The number of hydrogen-bond donors (Lipinski definition) is 0. The molecule has 0 aliphatic carbocycles. The van der Waals surface area contributed by atoms with Crippen LogP contribution in [0.3, 0.4) is 0 Å². The molecular weight excluding hydrogens is 493 g/mol. The maximum atomic E-state index is 13.9. The first-order valence-electron chi connectivity index (χ1n) is 10.7. The van der Waals surface area contributed by atoms with E-state index in [2.05, 4.69) is 20.9 Å². The van der Waals surface area contributed by atoms with Crippen LogP contribution in [0.4, 0.5) is 9.18 Å². The van der Waals surface area contributed by atoms with Crippen molar-refractivity contribution < 1.29 is 18.7 Å². The molecule has 1 aromatic heterocycles. The second-order valence-corrected chi connectivity index (χ2v) is 9.34. The maximum Gasteiger partial charge on any atom is 0.412 e. The molecule has 174 valence electrons. The van der Waals surface area contributed by atoms with Gasteiger partial charge in [-0.3, -0.25) is 14.3 Å². The number of benzene rings is 2. The van der Waals surface area contributed by atoms with Gasteiger partial charge in [-0.25, -0.2) is 14.2 Å². The van der Waals surface area contributed by atoms with Crippen molar-refractivity contribution in [2.75, 3.05) is 6.61 Å². The molecule has 1 saturated heterocycles. The summed E-state index contributed by atoms with van der Waals surface area (Å²) >= 11 is 3.11. The molecule has 0 spiro atoms. The highest BCUT2D eigenvalue weighted by molar-refractivity contribution is 9.10. The quantitative estimate of drug-likeness (QED) is 0.467. The molecule has 2 aromatic carbocycles. The van der Waals surface area contributed by atoms with Crippen LogP contribution in [0.15, 0.2) is 58.1 Å². The Morgan fingerprint density at radius 2 is 2.06 bits per heavy atom. The van der Waals surface area contributed by atoms with Gasteiger partial charge in [0.15, 0.2) is 0 Å². The minimum absolute atomic E-state index is 0.180. The van der Waals surface area contributed by atoms with Gasteiger partial charge in [0, 0.05) is 6.54 Å². The van der Waals surface area contributed by atoms with Gasteiger partial charge >= 0.3 is 6.09 Å². The largest absolute Gasteiger partial charge is 0.444 e. The fourth-order valence-electron chi connectivity index (χ4n) is 4.06. The first-order valence-corrected chi connectivity index (χ1v) is 11.5. The van der Waals surface area contributed by atoms with Gasteiger partial charge in [0.1, 0.15) is 18.1 Å². The molecule has 1 fully saturated rings. The van der Waals surface area contributed by atoms with Crippen LogP contribution < -0.4 is 5.56 Å². The molecule has 9 heteroatoms. The lowest BCUT2D eigenvalue weighted by atomic mass is 10.1. The van der Waals surface area contributed by atoms with Crippen LogP contribution >= 0.6 is 15.9 Å². The topological polar surface area (TPSA) is 73.7 Å². The lowest BCUT2D eigenvalue weighted by Crippen LogP contribution is -2.48. The van der Waals surface area contributed by atoms with Crippen molar-refractivity contribution in [2.24, 2.45) is 0 Å². The van der Waals surface area contributed by atoms with Gasteiger partial charge in [0.05, 0.1) is 34.4 Å². The molecule has 4 rings (SSSR count). The molecule has 1 aliphatic heterocycles. The highest BCUT2D eigenvalue weighted by Crippen LogP contribution is 2.30. The van der Waals surface area contributed by atoms with E-state index in [-0.39, 0.29) is 28.1 Å². The molecule has 0 bridgehead atoms. The Balaban J connectivity index is 1.40. The van der Waals surface area contributed by atoms with Crippen molar-refractivity contribution in [3.8, 4) is 0 Å². The first-order chi connectivity index (χ1) is 15.8. The normalized spacial score (nSPS) is 17.5. The molecular formula is C24H25BrFN3O4. The number of rotatable bonds is 6. The highest BCUT2D eigenvalue weighted by atomic mass is 79.9. The molecule has 0 saturated carbocycles. The van der Waals surface area contributed by atoms with Gasteiger partial charge in [-0.1, -0.05) is 30.3 Å². The van der Waals surface area contributed by atoms with Crippen molar-refractivity contribution in [2.45, 2.75) is 51.6 Å². The SMILES string of the molecule is CC1(C)OC[C@@H](CCCn2cnc3cc(Br)c(F)cc3c2=O)N1C(=O)OCc1ccccc1. The molecule has 1 aliphatic rings. The maximum absolute atomic E-state index is 13.9. The first kappa shape index (κ1) is 23.4. The highest BCUT2D eigenvalue weighted by Gasteiger charge is 2.44. The third kappa shape index (κ3) is 5.09. The fourth-order valence-corrected chi connectivity index (χ4v) is 4.40. The van der Waals surface area contributed by atoms with Gasteiger partial charge in [-0.15, -0.1) is 0 Å². The van der Waals surface area contributed by atoms with Crippen LogP contribution in [0.5, 0.6) is 0 Å². The lowest BCUT2D eigenvalue weighted by Gasteiger charge is -2.32. The van der Waals surface area contributed by atoms with E-state index < -0.39 is 17.6 Å². The van der Waals surface area contributed by atoms with Crippen molar-refractivity contribution >= 4 is 32.9 Å². The molecule has 0 radical (unpaired) electrons. The number of carbonyl (C=O) groups is 1. The predicted octanol–water partition coefficient (Wildman–Crippen LogP) is 4.85. The molecule has 33 heavy (non-hydrogen) atoms. The van der Waals surface area contributed by atoms with Crippen LogP contribution in [0, 0.1) is 5.82 Å². The lowest BCUT2D eigenvalue weighted by molar-refractivity contribution is -0.0494. The summed E-state index contributed by atoms with van der Waals surface area (Å²) in [5, 5.41) is 0.231. The van der Waals surface area contributed by atoms with E-state index >= 15 is 0 Å². The van der Waals surface area contributed by atoms with Gasteiger partial charge in [0.25, 0.3) is 5.56 Å². The number of fused-ring (bicyclic) bond motifs is 1. The summed E-state index contributed by atoms with van der Waals surface area (Å²) in [6, 6.07) is 12.0. The molecule has 0 unspecified atom stereocenters. The molecule has 0 N–H and O–H groups in total. The molecule has 1 atom stereocenters. The van der Waals surface area contributed by atoms with E-state index in [0.29, 0.717) is 31.5 Å². The smallest absolute Gasteiger partial charge is 0.412 e. The van der Waals surface area contributed by atoms with Crippen LogP contribution in [0.25, 0.3) is 10.9 Å². The summed E-state index contributed by atoms with van der Waals surface area (Å²) in [4.78, 5) is 31.5. The molecule has 2 heterocycles. The zero-order chi connectivity index (χ0) is 23.6. The Bertz CT molecular complexity index is 1220. The number of halogens is 2. The Labute approximate surface area is 199 Å². The van der Waals surface area contributed by atoms with E-state index in [1.165, 1.54) is 23.0 Å². The third-order valence-electron chi connectivity index (χ3n) is 5.78. The Morgan fingerprint density at radius 3 is 2.82 bits per heavy atom. The number of aromatic nitrogens is 2. The van der Waals surface area contributed by atoms with Crippen molar-refractivity contribution in [3.05, 3.63) is 75.0 Å². The second-order valence-electron chi connectivity index (χ2n) is 8.49. The minimum atomic E-state index is -0.787. The molecule has 7 nitrogen and oxygen atoms in total. The predicted molar refractivity (Wildman–Crippen MR) is 125 cm³/mol. The summed E-state index contributed by atoms with van der Waals surface area (Å²) in [5.74, 6) is -0.505. The number of hydrogen-bond acceptors (Lipinski definition) is 5. The van der Waals surface area contributed by atoms with Gasteiger partial charge in [0.2, 0.25) is 0 Å². The Morgan fingerprint density at radius 1 is 1.30 bits per heavy atom. The van der Waals surface area contributed by atoms with E-state index in [0.717, 1.165) is 5.56 Å². The summed E-state index contributed by atoms with van der Waals surface area (Å²) in [7, 11) is 0. The van der Waals surface area contributed by atoms with E-state index in [4.69, 9.17) is 9.47 Å². The van der Waals surface area contributed by atoms with E-state index in [9.17, 15) is 14.0 Å². The average molecular weight is 518 g/mol. The van der Waals surface area contributed by atoms with Crippen molar-refractivity contribution in [3.63, 3.8) is 0 Å². The number of nitrogens with zero attached hydrogens (tertiary/aromatic N) is 3. The van der Waals surface area contributed by atoms with Crippen molar-refractivity contribution in [1.82, 2.24) is 14.5 Å². The Kier molecular flexibility index (Phi) is 6.81. The Hall–Kier alpha value is -2.78. The summed E-state index contributed by atoms with van der Waals surface area (Å²) in [6.45, 7) is 4.63.